The van der Waals surface area contributed by atoms with Gasteiger partial charge >= 0.3 is 12.1 Å². The lowest BCUT2D eigenvalue weighted by Crippen LogP contribution is -2.41. The molecular weight excluding hydrogens is 212 g/mol. The number of likely N-dealkylation sites (tertiary alicyclic amines) is 1. The molecule has 6 heteroatoms. The van der Waals surface area contributed by atoms with Gasteiger partial charge in [-0.25, -0.2) is 4.79 Å². The maximum Gasteiger partial charge on any atom is 0.407 e. The van der Waals surface area contributed by atoms with E-state index in [-0.39, 0.29) is 18.1 Å². The number of carbonyl (C=O) groups excluding carboxylic acids is 1. The number of alkyl carbamates (subject to hydrolysis) is 1. The lowest BCUT2D eigenvalue weighted by molar-refractivity contribution is -0.143. The summed E-state index contributed by atoms with van der Waals surface area (Å²) in [7, 11) is 0. The summed E-state index contributed by atoms with van der Waals surface area (Å²) in [6.07, 6.45) is 0.923. The van der Waals surface area contributed by atoms with Gasteiger partial charge in [-0.15, -0.1) is 0 Å². The summed E-state index contributed by atoms with van der Waals surface area (Å²) in [6.45, 7) is 2.79. The first-order chi connectivity index (χ1) is 7.65. The average molecular weight is 228 g/mol. The lowest BCUT2D eigenvalue weighted by atomic mass is 9.97. The monoisotopic (exact) mass is 228 g/mol. The second kappa shape index (κ2) is 4.69. The molecular formula is C10H16N2O4. The van der Waals surface area contributed by atoms with Crippen molar-refractivity contribution in [2.75, 3.05) is 26.2 Å². The topological polar surface area (TPSA) is 78.9 Å². The zero-order valence-electron chi connectivity index (χ0n) is 9.02. The molecule has 2 rings (SSSR count). The number of nitrogens with zero attached hydrogens (tertiary/aromatic N) is 1. The number of cyclic esters (lactones) is 1. The van der Waals surface area contributed by atoms with E-state index in [0.717, 1.165) is 13.1 Å². The number of amides is 1. The van der Waals surface area contributed by atoms with Crippen LogP contribution in [0.3, 0.4) is 0 Å². The summed E-state index contributed by atoms with van der Waals surface area (Å²) in [5.74, 6) is -0.908. The highest BCUT2D eigenvalue weighted by Gasteiger charge is 2.29. The summed E-state index contributed by atoms with van der Waals surface area (Å²) in [5, 5.41) is 11.4. The molecule has 90 valence electrons. The molecule has 0 aliphatic carbocycles. The second-order valence-electron chi connectivity index (χ2n) is 4.32. The third kappa shape index (κ3) is 2.63. The van der Waals surface area contributed by atoms with Gasteiger partial charge in [-0.3, -0.25) is 9.69 Å². The van der Waals surface area contributed by atoms with Crippen molar-refractivity contribution in [1.82, 2.24) is 10.2 Å². The van der Waals surface area contributed by atoms with Crippen molar-refractivity contribution in [2.45, 2.75) is 18.9 Å². The van der Waals surface area contributed by atoms with Crippen molar-refractivity contribution in [2.24, 2.45) is 5.92 Å². The van der Waals surface area contributed by atoms with E-state index in [1.807, 2.05) is 0 Å². The van der Waals surface area contributed by atoms with E-state index in [0.29, 0.717) is 25.9 Å². The molecule has 0 spiro atoms. The van der Waals surface area contributed by atoms with Crippen molar-refractivity contribution < 1.29 is 19.4 Å². The van der Waals surface area contributed by atoms with E-state index >= 15 is 0 Å². The van der Waals surface area contributed by atoms with Gasteiger partial charge in [0.15, 0.2) is 0 Å². The number of hydrogen-bond acceptors (Lipinski definition) is 4. The SMILES string of the molecule is O=C1NCC(CN2CCC(C(=O)O)CC2)O1. The molecule has 0 aromatic heterocycles. The lowest BCUT2D eigenvalue weighted by Gasteiger charge is -2.30. The molecule has 2 fully saturated rings. The molecule has 2 saturated heterocycles. The maximum absolute atomic E-state index is 10.8. The van der Waals surface area contributed by atoms with Gasteiger partial charge in [0, 0.05) is 6.54 Å². The summed E-state index contributed by atoms with van der Waals surface area (Å²) in [5.41, 5.74) is 0. The molecule has 2 aliphatic heterocycles. The molecule has 1 amide bonds. The van der Waals surface area contributed by atoms with Crippen LogP contribution in [0.15, 0.2) is 0 Å². The first-order valence-corrected chi connectivity index (χ1v) is 5.55. The average Bonchev–Trinajstić information content (AvgIpc) is 2.65. The number of carboxylic acids is 1. The Morgan fingerprint density at radius 3 is 2.69 bits per heavy atom. The molecule has 2 heterocycles. The molecule has 2 N–H and O–H groups in total. The highest BCUT2D eigenvalue weighted by Crippen LogP contribution is 2.18. The fourth-order valence-electron chi connectivity index (χ4n) is 2.18. The first-order valence-electron chi connectivity index (χ1n) is 5.55. The van der Waals surface area contributed by atoms with Gasteiger partial charge in [0.25, 0.3) is 0 Å². The van der Waals surface area contributed by atoms with Gasteiger partial charge in [-0.2, -0.15) is 0 Å². The smallest absolute Gasteiger partial charge is 0.407 e. The van der Waals surface area contributed by atoms with Crippen LogP contribution < -0.4 is 5.32 Å². The third-order valence-corrected chi connectivity index (χ3v) is 3.15. The summed E-state index contributed by atoms with van der Waals surface area (Å²) >= 11 is 0. The Balaban J connectivity index is 1.73. The summed E-state index contributed by atoms with van der Waals surface area (Å²) in [6, 6.07) is 0. The predicted molar refractivity (Wildman–Crippen MR) is 55.1 cm³/mol. The Kier molecular flexibility index (Phi) is 3.28. The fraction of sp³-hybridized carbons (Fsp3) is 0.800. The van der Waals surface area contributed by atoms with Crippen LogP contribution in [-0.2, 0) is 9.53 Å². The van der Waals surface area contributed by atoms with Crippen LogP contribution >= 0.6 is 0 Å². The van der Waals surface area contributed by atoms with Crippen LogP contribution in [0.4, 0.5) is 4.79 Å². The number of carboxylic acid groups (broad SMARTS) is 1. The van der Waals surface area contributed by atoms with Gasteiger partial charge in [-0.05, 0) is 25.9 Å². The van der Waals surface area contributed by atoms with Crippen LogP contribution in [0.5, 0.6) is 0 Å². The number of piperidine rings is 1. The van der Waals surface area contributed by atoms with Crippen LogP contribution in [-0.4, -0.2) is 54.4 Å². The molecule has 0 bridgehead atoms. The molecule has 0 saturated carbocycles. The van der Waals surface area contributed by atoms with Crippen molar-refractivity contribution >= 4 is 12.1 Å². The highest BCUT2D eigenvalue weighted by atomic mass is 16.6. The zero-order chi connectivity index (χ0) is 11.5. The number of carbonyl (C=O) groups is 2. The number of hydrogen-bond donors (Lipinski definition) is 2. The molecule has 1 atom stereocenters. The standard InChI is InChI=1S/C10H16N2O4/c13-9(14)7-1-3-12(4-2-7)6-8-5-11-10(15)16-8/h7-8H,1-6H2,(H,11,15)(H,13,14). The Hall–Kier alpha value is -1.30. The molecule has 1 unspecified atom stereocenters. The van der Waals surface area contributed by atoms with E-state index in [4.69, 9.17) is 9.84 Å². The van der Waals surface area contributed by atoms with E-state index in [1.54, 1.807) is 0 Å². The normalized spacial score (nSPS) is 27.5. The Morgan fingerprint density at radius 2 is 2.19 bits per heavy atom. The maximum atomic E-state index is 10.8. The van der Waals surface area contributed by atoms with Crippen molar-refractivity contribution in [1.29, 1.82) is 0 Å². The van der Waals surface area contributed by atoms with E-state index in [1.165, 1.54) is 0 Å². The van der Waals surface area contributed by atoms with Gasteiger partial charge < -0.3 is 15.2 Å². The van der Waals surface area contributed by atoms with E-state index in [2.05, 4.69) is 10.2 Å². The van der Waals surface area contributed by atoms with Crippen molar-refractivity contribution in [3.8, 4) is 0 Å². The number of nitrogens with one attached hydrogen (secondary N) is 1. The van der Waals surface area contributed by atoms with Crippen LogP contribution in [0.2, 0.25) is 0 Å². The minimum atomic E-state index is -0.700. The number of aliphatic carboxylic acids is 1. The van der Waals surface area contributed by atoms with Gasteiger partial charge in [0.05, 0.1) is 12.5 Å². The number of rotatable bonds is 3. The van der Waals surface area contributed by atoms with Crippen molar-refractivity contribution in [3.05, 3.63) is 0 Å². The van der Waals surface area contributed by atoms with Gasteiger partial charge in [0.1, 0.15) is 6.10 Å². The summed E-state index contributed by atoms with van der Waals surface area (Å²) in [4.78, 5) is 23.7. The first kappa shape index (κ1) is 11.2. The number of ether oxygens (including phenoxy) is 1. The molecule has 16 heavy (non-hydrogen) atoms. The molecule has 0 aromatic carbocycles. The molecule has 0 radical (unpaired) electrons. The molecule has 0 aromatic rings. The fourth-order valence-corrected chi connectivity index (χ4v) is 2.18. The Morgan fingerprint density at radius 1 is 1.50 bits per heavy atom. The predicted octanol–water partition coefficient (Wildman–Crippen LogP) is -0.109. The highest BCUT2D eigenvalue weighted by molar-refractivity contribution is 5.70. The van der Waals surface area contributed by atoms with Crippen LogP contribution in [0.25, 0.3) is 0 Å². The minimum Gasteiger partial charge on any atom is -0.481 e. The summed E-state index contributed by atoms with van der Waals surface area (Å²) < 4.78 is 5.03. The Labute approximate surface area is 93.6 Å². The van der Waals surface area contributed by atoms with E-state index in [9.17, 15) is 9.59 Å². The molecule has 6 nitrogen and oxygen atoms in total. The van der Waals surface area contributed by atoms with Crippen LogP contribution in [0.1, 0.15) is 12.8 Å². The Bertz CT molecular complexity index is 287. The van der Waals surface area contributed by atoms with Gasteiger partial charge in [0.2, 0.25) is 0 Å². The van der Waals surface area contributed by atoms with Crippen LogP contribution in [0, 0.1) is 5.92 Å². The van der Waals surface area contributed by atoms with Crippen molar-refractivity contribution in [3.63, 3.8) is 0 Å². The van der Waals surface area contributed by atoms with E-state index < -0.39 is 5.97 Å². The molecule has 2 aliphatic rings. The minimum absolute atomic E-state index is 0.0890. The third-order valence-electron chi connectivity index (χ3n) is 3.15. The quantitative estimate of drug-likeness (QED) is 0.704. The second-order valence-corrected chi connectivity index (χ2v) is 4.32. The van der Waals surface area contributed by atoms with Gasteiger partial charge in [-0.1, -0.05) is 0 Å². The largest absolute Gasteiger partial charge is 0.481 e. The zero-order valence-corrected chi connectivity index (χ0v) is 9.02.